The van der Waals surface area contributed by atoms with Crippen LogP contribution in [-0.4, -0.2) is 43.5 Å². The van der Waals surface area contributed by atoms with Gasteiger partial charge in [0.15, 0.2) is 0 Å². The molecule has 1 aliphatic heterocycles. The predicted molar refractivity (Wildman–Crippen MR) is 75.2 cm³/mol. The average Bonchev–Trinajstić information content (AvgIpc) is 2.38. The molecule has 1 fully saturated rings. The third-order valence-electron chi connectivity index (χ3n) is 3.43. The maximum atomic E-state index is 13.3. The number of anilines is 1. The Balaban J connectivity index is 2.15. The SMILES string of the molecule is [C-]#[N+]c1cc(F)cc(C)c1N1CCN(CC(N)=O)CC1. The van der Waals surface area contributed by atoms with Crippen LogP contribution < -0.4 is 10.6 Å². The second-order valence-electron chi connectivity index (χ2n) is 4.93. The van der Waals surface area contributed by atoms with Crippen LogP contribution in [0.3, 0.4) is 0 Å². The first-order valence-electron chi connectivity index (χ1n) is 6.44. The molecule has 1 amide bonds. The molecule has 0 bridgehead atoms. The van der Waals surface area contributed by atoms with Gasteiger partial charge in [0.2, 0.25) is 11.6 Å². The zero-order chi connectivity index (χ0) is 14.7. The second-order valence-corrected chi connectivity index (χ2v) is 4.93. The molecule has 20 heavy (non-hydrogen) atoms. The van der Waals surface area contributed by atoms with E-state index in [0.717, 1.165) is 11.3 Å². The van der Waals surface area contributed by atoms with Crippen LogP contribution in [0, 0.1) is 19.3 Å². The van der Waals surface area contributed by atoms with E-state index in [0.29, 0.717) is 31.9 Å². The standard InChI is InChI=1S/C14H17FN4O/c1-10-7-11(15)8-12(17-2)14(10)19-5-3-18(4-6-19)9-13(16)20/h7-8H,3-6,9H2,1H3,(H2,16,20). The van der Waals surface area contributed by atoms with Crippen molar-refractivity contribution in [1.82, 2.24) is 4.90 Å². The molecule has 0 saturated carbocycles. The van der Waals surface area contributed by atoms with Gasteiger partial charge < -0.3 is 10.6 Å². The Morgan fingerprint density at radius 3 is 2.60 bits per heavy atom. The number of nitrogens with zero attached hydrogens (tertiary/aromatic N) is 3. The average molecular weight is 276 g/mol. The van der Waals surface area contributed by atoms with Crippen LogP contribution in [-0.2, 0) is 4.79 Å². The lowest BCUT2D eigenvalue weighted by molar-refractivity contribution is -0.119. The fourth-order valence-corrected chi connectivity index (χ4v) is 2.56. The van der Waals surface area contributed by atoms with Crippen LogP contribution in [0.15, 0.2) is 12.1 Å². The van der Waals surface area contributed by atoms with Gasteiger partial charge in [0.25, 0.3) is 0 Å². The molecule has 1 saturated heterocycles. The van der Waals surface area contributed by atoms with Crippen molar-refractivity contribution in [1.29, 1.82) is 0 Å². The molecule has 2 N–H and O–H groups in total. The quantitative estimate of drug-likeness (QED) is 0.846. The number of amides is 1. The summed E-state index contributed by atoms with van der Waals surface area (Å²) in [4.78, 5) is 18.4. The topological polar surface area (TPSA) is 53.9 Å². The van der Waals surface area contributed by atoms with Crippen LogP contribution in [0.2, 0.25) is 0 Å². The molecule has 1 aliphatic rings. The minimum Gasteiger partial charge on any atom is -0.378 e. The number of primary amides is 1. The van der Waals surface area contributed by atoms with E-state index in [1.165, 1.54) is 12.1 Å². The van der Waals surface area contributed by atoms with Gasteiger partial charge in [0, 0.05) is 31.9 Å². The second kappa shape index (κ2) is 5.88. The molecule has 0 radical (unpaired) electrons. The fraction of sp³-hybridized carbons (Fsp3) is 0.429. The fourth-order valence-electron chi connectivity index (χ4n) is 2.56. The van der Waals surface area contributed by atoms with Gasteiger partial charge in [0.05, 0.1) is 13.1 Å². The number of carbonyl (C=O) groups is 1. The van der Waals surface area contributed by atoms with Gasteiger partial charge in [-0.3, -0.25) is 9.69 Å². The summed E-state index contributed by atoms with van der Waals surface area (Å²) < 4.78 is 13.3. The molecule has 0 aromatic heterocycles. The monoisotopic (exact) mass is 276 g/mol. The molecule has 6 heteroatoms. The highest BCUT2D eigenvalue weighted by Crippen LogP contribution is 2.34. The van der Waals surface area contributed by atoms with Crippen LogP contribution in [0.4, 0.5) is 15.8 Å². The number of halogens is 1. The molecule has 0 atom stereocenters. The molecule has 1 aromatic carbocycles. The van der Waals surface area contributed by atoms with Crippen molar-refractivity contribution in [3.8, 4) is 0 Å². The van der Waals surface area contributed by atoms with E-state index in [2.05, 4.69) is 9.74 Å². The molecule has 2 rings (SSSR count). The zero-order valence-electron chi connectivity index (χ0n) is 11.4. The third kappa shape index (κ3) is 3.06. The zero-order valence-corrected chi connectivity index (χ0v) is 11.4. The Morgan fingerprint density at radius 1 is 1.40 bits per heavy atom. The molecule has 5 nitrogen and oxygen atoms in total. The Morgan fingerprint density at radius 2 is 2.05 bits per heavy atom. The highest BCUT2D eigenvalue weighted by atomic mass is 19.1. The summed E-state index contributed by atoms with van der Waals surface area (Å²) in [5.74, 6) is -0.720. The Labute approximate surface area is 117 Å². The summed E-state index contributed by atoms with van der Waals surface area (Å²) in [6.07, 6.45) is 0. The predicted octanol–water partition coefficient (Wildman–Crippen LogP) is 1.29. The van der Waals surface area contributed by atoms with E-state index < -0.39 is 0 Å². The molecular weight excluding hydrogens is 259 g/mol. The third-order valence-corrected chi connectivity index (χ3v) is 3.43. The van der Waals surface area contributed by atoms with E-state index in [1.54, 1.807) is 0 Å². The van der Waals surface area contributed by atoms with Gasteiger partial charge >= 0.3 is 0 Å². The Hall–Kier alpha value is -2.13. The molecule has 0 unspecified atom stereocenters. The minimum atomic E-state index is -0.385. The lowest BCUT2D eigenvalue weighted by Crippen LogP contribution is -2.49. The number of rotatable bonds is 3. The number of hydrogen-bond acceptors (Lipinski definition) is 3. The van der Waals surface area contributed by atoms with Crippen molar-refractivity contribution < 1.29 is 9.18 Å². The molecule has 106 valence electrons. The first-order chi connectivity index (χ1) is 9.51. The largest absolute Gasteiger partial charge is 0.378 e. The van der Waals surface area contributed by atoms with Gasteiger partial charge in [-0.25, -0.2) is 9.24 Å². The first-order valence-corrected chi connectivity index (χ1v) is 6.44. The number of benzene rings is 1. The number of piperazine rings is 1. The van der Waals surface area contributed by atoms with E-state index in [1.807, 2.05) is 11.8 Å². The van der Waals surface area contributed by atoms with E-state index >= 15 is 0 Å². The number of aryl methyl sites for hydroxylation is 1. The highest BCUT2D eigenvalue weighted by molar-refractivity contribution is 5.76. The smallest absolute Gasteiger partial charge is 0.231 e. The van der Waals surface area contributed by atoms with E-state index in [4.69, 9.17) is 12.3 Å². The lowest BCUT2D eigenvalue weighted by atomic mass is 10.1. The van der Waals surface area contributed by atoms with Crippen molar-refractivity contribution >= 4 is 17.3 Å². The normalized spacial score (nSPS) is 15.9. The van der Waals surface area contributed by atoms with Crippen LogP contribution in [0.5, 0.6) is 0 Å². The Kier molecular flexibility index (Phi) is 4.20. The number of nitrogens with two attached hydrogens (primary N) is 1. The summed E-state index contributed by atoms with van der Waals surface area (Å²) in [6, 6.07) is 2.71. The summed E-state index contributed by atoms with van der Waals surface area (Å²) in [7, 11) is 0. The molecule has 0 spiro atoms. The summed E-state index contributed by atoms with van der Waals surface area (Å²) >= 11 is 0. The number of carbonyl (C=O) groups excluding carboxylic acids is 1. The summed E-state index contributed by atoms with van der Waals surface area (Å²) in [6.45, 7) is 12.1. The first kappa shape index (κ1) is 14.3. The van der Waals surface area contributed by atoms with Gasteiger partial charge in [-0.15, -0.1) is 0 Å². The molecule has 1 heterocycles. The van der Waals surface area contributed by atoms with Crippen molar-refractivity contribution in [2.75, 3.05) is 37.6 Å². The van der Waals surface area contributed by atoms with E-state index in [-0.39, 0.29) is 18.3 Å². The van der Waals surface area contributed by atoms with Crippen LogP contribution >= 0.6 is 0 Å². The molecular formula is C14H17FN4O. The lowest BCUT2D eigenvalue weighted by Gasteiger charge is -2.36. The van der Waals surface area contributed by atoms with Crippen LogP contribution in [0.1, 0.15) is 5.56 Å². The highest BCUT2D eigenvalue weighted by Gasteiger charge is 2.22. The molecule has 1 aromatic rings. The Bertz CT molecular complexity index is 559. The summed E-state index contributed by atoms with van der Waals surface area (Å²) in [5, 5.41) is 0. The van der Waals surface area contributed by atoms with Gasteiger partial charge in [-0.2, -0.15) is 0 Å². The van der Waals surface area contributed by atoms with Crippen LogP contribution in [0.25, 0.3) is 4.85 Å². The van der Waals surface area contributed by atoms with Crippen molar-refractivity contribution in [3.05, 3.63) is 34.9 Å². The number of hydrogen-bond donors (Lipinski definition) is 1. The maximum absolute atomic E-state index is 13.3. The summed E-state index contributed by atoms with van der Waals surface area (Å²) in [5.41, 5.74) is 7.07. The van der Waals surface area contributed by atoms with Crippen molar-refractivity contribution in [2.45, 2.75) is 6.92 Å². The van der Waals surface area contributed by atoms with Crippen molar-refractivity contribution in [2.24, 2.45) is 5.73 Å². The minimum absolute atomic E-state index is 0.256. The van der Waals surface area contributed by atoms with Crippen molar-refractivity contribution in [3.63, 3.8) is 0 Å². The maximum Gasteiger partial charge on any atom is 0.231 e. The van der Waals surface area contributed by atoms with Gasteiger partial charge in [-0.1, -0.05) is 0 Å². The van der Waals surface area contributed by atoms with Gasteiger partial charge in [0.1, 0.15) is 5.82 Å². The van der Waals surface area contributed by atoms with Gasteiger partial charge in [-0.05, 0) is 24.6 Å². The molecule has 0 aliphatic carbocycles. The van der Waals surface area contributed by atoms with E-state index in [9.17, 15) is 9.18 Å².